The van der Waals surface area contributed by atoms with Crippen LogP contribution in [0.25, 0.3) is 5.69 Å². The Morgan fingerprint density at radius 2 is 2.04 bits per heavy atom. The SMILES string of the molecule is Cc1c(C(=O)N(CCC2CCCCC2)CC(N)=O)cnn1-c1cccc(Br)c1. The highest BCUT2D eigenvalue weighted by Gasteiger charge is 2.24. The molecule has 28 heavy (non-hydrogen) atoms. The zero-order chi connectivity index (χ0) is 20.1. The van der Waals surface area contributed by atoms with E-state index in [9.17, 15) is 9.59 Å². The standard InChI is InChI=1S/C21H27BrN4O2/c1-15-19(13-24-26(15)18-9-5-8-17(22)12-18)21(28)25(14-20(23)27)11-10-16-6-3-2-4-7-16/h5,8-9,12-13,16H,2-4,6-7,10-11,14H2,1H3,(H2,23,27). The molecule has 2 amide bonds. The van der Waals surface area contributed by atoms with Crippen molar-refractivity contribution < 1.29 is 9.59 Å². The van der Waals surface area contributed by atoms with E-state index < -0.39 is 5.91 Å². The van der Waals surface area contributed by atoms with Gasteiger partial charge in [-0.3, -0.25) is 9.59 Å². The fourth-order valence-electron chi connectivity index (χ4n) is 3.91. The summed E-state index contributed by atoms with van der Waals surface area (Å²) < 4.78 is 2.68. The van der Waals surface area contributed by atoms with E-state index in [4.69, 9.17) is 5.73 Å². The molecule has 0 saturated heterocycles. The van der Waals surface area contributed by atoms with Crippen molar-refractivity contribution in [2.75, 3.05) is 13.1 Å². The van der Waals surface area contributed by atoms with Crippen molar-refractivity contribution in [3.8, 4) is 5.69 Å². The molecule has 1 heterocycles. The molecule has 1 aromatic carbocycles. The van der Waals surface area contributed by atoms with Crippen LogP contribution in [0.4, 0.5) is 0 Å². The summed E-state index contributed by atoms with van der Waals surface area (Å²) in [4.78, 5) is 26.3. The summed E-state index contributed by atoms with van der Waals surface area (Å²) in [6, 6.07) is 7.74. The third kappa shape index (κ3) is 5.01. The van der Waals surface area contributed by atoms with Crippen molar-refractivity contribution >= 4 is 27.7 Å². The minimum absolute atomic E-state index is 0.0624. The lowest BCUT2D eigenvalue weighted by Gasteiger charge is -2.26. The Labute approximate surface area is 174 Å². The van der Waals surface area contributed by atoms with Crippen molar-refractivity contribution in [2.45, 2.75) is 45.4 Å². The predicted octanol–water partition coefficient (Wildman–Crippen LogP) is 3.84. The lowest BCUT2D eigenvalue weighted by Crippen LogP contribution is -2.40. The van der Waals surface area contributed by atoms with Gasteiger partial charge in [0, 0.05) is 11.0 Å². The van der Waals surface area contributed by atoms with Gasteiger partial charge in [0.2, 0.25) is 5.91 Å². The summed E-state index contributed by atoms with van der Waals surface area (Å²) in [5, 5.41) is 4.39. The van der Waals surface area contributed by atoms with E-state index in [1.54, 1.807) is 15.8 Å². The molecule has 2 N–H and O–H groups in total. The molecule has 1 aromatic heterocycles. The van der Waals surface area contributed by atoms with Crippen LogP contribution in [0.1, 0.15) is 54.6 Å². The Morgan fingerprint density at radius 1 is 1.29 bits per heavy atom. The second-order valence-electron chi connectivity index (χ2n) is 7.52. The molecule has 0 bridgehead atoms. The van der Waals surface area contributed by atoms with Crippen molar-refractivity contribution in [3.63, 3.8) is 0 Å². The number of rotatable bonds is 7. The van der Waals surface area contributed by atoms with Gasteiger partial charge < -0.3 is 10.6 Å². The summed E-state index contributed by atoms with van der Waals surface area (Å²) in [7, 11) is 0. The Bertz CT molecular complexity index is 843. The Balaban J connectivity index is 1.77. The van der Waals surface area contributed by atoms with Crippen LogP contribution in [0.5, 0.6) is 0 Å². The van der Waals surface area contributed by atoms with E-state index in [1.807, 2.05) is 31.2 Å². The molecule has 0 spiro atoms. The summed E-state index contributed by atoms with van der Waals surface area (Å²) in [5.41, 5.74) is 7.53. The molecular weight excluding hydrogens is 420 g/mol. The van der Waals surface area contributed by atoms with Gasteiger partial charge >= 0.3 is 0 Å². The minimum Gasteiger partial charge on any atom is -0.368 e. The average molecular weight is 447 g/mol. The van der Waals surface area contributed by atoms with E-state index >= 15 is 0 Å². The number of halogens is 1. The van der Waals surface area contributed by atoms with Crippen LogP contribution in [0, 0.1) is 12.8 Å². The maximum absolute atomic E-state index is 13.1. The van der Waals surface area contributed by atoms with Gasteiger partial charge in [-0.05, 0) is 37.5 Å². The first kappa shape index (κ1) is 20.6. The molecule has 1 aliphatic rings. The number of carbonyl (C=O) groups excluding carboxylic acids is 2. The quantitative estimate of drug-likeness (QED) is 0.700. The van der Waals surface area contributed by atoms with E-state index in [1.165, 1.54) is 32.1 Å². The zero-order valence-electron chi connectivity index (χ0n) is 16.2. The maximum atomic E-state index is 13.1. The number of nitrogens with two attached hydrogens (primary N) is 1. The third-order valence-electron chi connectivity index (χ3n) is 5.46. The number of nitrogens with zero attached hydrogens (tertiary/aromatic N) is 3. The zero-order valence-corrected chi connectivity index (χ0v) is 17.8. The van der Waals surface area contributed by atoms with Gasteiger partial charge in [-0.2, -0.15) is 5.10 Å². The highest BCUT2D eigenvalue weighted by Crippen LogP contribution is 2.27. The smallest absolute Gasteiger partial charge is 0.257 e. The molecule has 150 valence electrons. The average Bonchev–Trinajstić information content (AvgIpc) is 3.06. The molecule has 3 rings (SSSR count). The number of carbonyl (C=O) groups is 2. The largest absolute Gasteiger partial charge is 0.368 e. The van der Waals surface area contributed by atoms with E-state index in [2.05, 4.69) is 21.0 Å². The van der Waals surface area contributed by atoms with Gasteiger partial charge in [0.1, 0.15) is 0 Å². The summed E-state index contributed by atoms with van der Waals surface area (Å²) in [6.45, 7) is 2.35. The summed E-state index contributed by atoms with van der Waals surface area (Å²) in [6.07, 6.45) is 8.72. The minimum atomic E-state index is -0.492. The number of amides is 2. The van der Waals surface area contributed by atoms with Crippen LogP contribution < -0.4 is 5.73 Å². The summed E-state index contributed by atoms with van der Waals surface area (Å²) in [5.74, 6) is -0.0511. The number of hydrogen-bond donors (Lipinski definition) is 1. The molecule has 7 heteroatoms. The van der Waals surface area contributed by atoms with Gasteiger partial charge in [0.25, 0.3) is 5.91 Å². The van der Waals surface area contributed by atoms with Crippen LogP contribution in [0.3, 0.4) is 0 Å². The summed E-state index contributed by atoms with van der Waals surface area (Å²) >= 11 is 3.46. The first-order valence-corrected chi connectivity index (χ1v) is 10.6. The second-order valence-corrected chi connectivity index (χ2v) is 8.44. The van der Waals surface area contributed by atoms with E-state index in [-0.39, 0.29) is 12.5 Å². The van der Waals surface area contributed by atoms with Crippen LogP contribution in [-0.2, 0) is 4.79 Å². The Hall–Kier alpha value is -2.15. The Kier molecular flexibility index (Phi) is 6.88. The lowest BCUT2D eigenvalue weighted by atomic mass is 9.87. The molecule has 1 fully saturated rings. The number of aromatic nitrogens is 2. The highest BCUT2D eigenvalue weighted by molar-refractivity contribution is 9.10. The monoisotopic (exact) mass is 446 g/mol. The van der Waals surface area contributed by atoms with Gasteiger partial charge in [-0.15, -0.1) is 0 Å². The fourth-order valence-corrected chi connectivity index (χ4v) is 4.30. The lowest BCUT2D eigenvalue weighted by molar-refractivity contribution is -0.118. The van der Waals surface area contributed by atoms with Gasteiger partial charge in [0.15, 0.2) is 0 Å². The fraction of sp³-hybridized carbons (Fsp3) is 0.476. The topological polar surface area (TPSA) is 81.2 Å². The van der Waals surface area contributed by atoms with Crippen LogP contribution >= 0.6 is 15.9 Å². The van der Waals surface area contributed by atoms with Crippen molar-refractivity contribution in [3.05, 3.63) is 46.2 Å². The molecule has 0 unspecified atom stereocenters. The van der Waals surface area contributed by atoms with Gasteiger partial charge in [-0.25, -0.2) is 4.68 Å². The molecule has 0 radical (unpaired) electrons. The van der Waals surface area contributed by atoms with Crippen LogP contribution in [0.15, 0.2) is 34.9 Å². The Morgan fingerprint density at radius 3 is 2.71 bits per heavy atom. The molecule has 0 aliphatic heterocycles. The molecule has 1 saturated carbocycles. The molecular formula is C21H27BrN4O2. The molecule has 6 nitrogen and oxygen atoms in total. The first-order chi connectivity index (χ1) is 13.5. The van der Waals surface area contributed by atoms with Crippen LogP contribution in [0.2, 0.25) is 0 Å². The predicted molar refractivity (Wildman–Crippen MR) is 112 cm³/mol. The first-order valence-electron chi connectivity index (χ1n) is 9.84. The second kappa shape index (κ2) is 9.37. The third-order valence-corrected chi connectivity index (χ3v) is 5.95. The number of hydrogen-bond acceptors (Lipinski definition) is 3. The van der Waals surface area contributed by atoms with E-state index in [0.717, 1.165) is 22.3 Å². The van der Waals surface area contributed by atoms with Crippen molar-refractivity contribution in [2.24, 2.45) is 11.7 Å². The van der Waals surface area contributed by atoms with Gasteiger partial charge in [0.05, 0.1) is 29.7 Å². The van der Waals surface area contributed by atoms with Gasteiger partial charge in [-0.1, -0.05) is 54.1 Å². The van der Waals surface area contributed by atoms with Crippen LogP contribution in [-0.4, -0.2) is 39.6 Å². The van der Waals surface area contributed by atoms with Crippen molar-refractivity contribution in [1.82, 2.24) is 14.7 Å². The molecule has 2 aromatic rings. The number of primary amides is 1. The molecule has 0 atom stereocenters. The molecule has 1 aliphatic carbocycles. The maximum Gasteiger partial charge on any atom is 0.257 e. The normalized spacial score (nSPS) is 14.8. The number of benzene rings is 1. The highest BCUT2D eigenvalue weighted by atomic mass is 79.9. The van der Waals surface area contributed by atoms with E-state index in [0.29, 0.717) is 18.0 Å². The van der Waals surface area contributed by atoms with Crippen molar-refractivity contribution in [1.29, 1.82) is 0 Å².